The molecule has 0 aliphatic carbocycles. The number of hydrogen-bond acceptors (Lipinski definition) is 6. The van der Waals surface area contributed by atoms with Gasteiger partial charge in [-0.2, -0.15) is 0 Å². The van der Waals surface area contributed by atoms with Crippen molar-refractivity contribution in [3.63, 3.8) is 0 Å². The molecule has 0 fully saturated rings. The molecular formula is C13H16O7. The monoisotopic (exact) mass is 284 g/mol. The van der Waals surface area contributed by atoms with Gasteiger partial charge in [0.25, 0.3) is 0 Å². The molecule has 1 aromatic rings. The number of hydrogen-bond donors (Lipinski definition) is 4. The van der Waals surface area contributed by atoms with Gasteiger partial charge in [0.1, 0.15) is 5.75 Å². The van der Waals surface area contributed by atoms with E-state index in [2.05, 4.69) is 4.74 Å². The Balaban J connectivity index is 3.07. The summed E-state index contributed by atoms with van der Waals surface area (Å²) in [6.07, 6.45) is -2.78. The molecule has 1 aromatic carbocycles. The average molecular weight is 284 g/mol. The van der Waals surface area contributed by atoms with Crippen LogP contribution in [0.2, 0.25) is 0 Å². The number of rotatable bonds is 6. The summed E-state index contributed by atoms with van der Waals surface area (Å²) < 4.78 is 4.61. The zero-order chi connectivity index (χ0) is 15.3. The first-order valence-corrected chi connectivity index (χ1v) is 5.89. The Morgan fingerprint density at radius 1 is 1.30 bits per heavy atom. The van der Waals surface area contributed by atoms with Crippen LogP contribution in [-0.2, 0) is 20.7 Å². The third-order valence-electron chi connectivity index (χ3n) is 2.73. The number of aliphatic hydroxyl groups is 2. The Bertz CT molecular complexity index is 482. The number of carboxylic acid groups (broad SMARTS) is 1. The van der Waals surface area contributed by atoms with Crippen LogP contribution in [-0.4, -0.2) is 50.7 Å². The second-order valence-electron chi connectivity index (χ2n) is 4.23. The Morgan fingerprint density at radius 2 is 1.85 bits per heavy atom. The quantitative estimate of drug-likeness (QED) is 0.527. The number of esters is 1. The van der Waals surface area contributed by atoms with E-state index in [1.807, 2.05) is 0 Å². The Morgan fingerprint density at radius 3 is 2.30 bits per heavy atom. The van der Waals surface area contributed by atoms with Crippen LogP contribution < -0.4 is 0 Å². The molecule has 0 radical (unpaired) electrons. The maximum atomic E-state index is 11.7. The van der Waals surface area contributed by atoms with E-state index in [1.165, 1.54) is 31.2 Å². The van der Waals surface area contributed by atoms with Crippen molar-refractivity contribution < 1.29 is 34.8 Å². The SMILES string of the molecule is CCOC(=O)[C@](O)(Cc1ccc(O)cc1)[C@@H](O)C(=O)O. The molecule has 0 bridgehead atoms. The summed E-state index contributed by atoms with van der Waals surface area (Å²) in [6.45, 7) is 1.43. The van der Waals surface area contributed by atoms with Gasteiger partial charge in [-0.3, -0.25) is 0 Å². The van der Waals surface area contributed by atoms with Crippen LogP contribution in [0.3, 0.4) is 0 Å². The van der Waals surface area contributed by atoms with E-state index in [1.54, 1.807) is 0 Å². The molecule has 20 heavy (non-hydrogen) atoms. The predicted molar refractivity (Wildman–Crippen MR) is 67.0 cm³/mol. The summed E-state index contributed by atoms with van der Waals surface area (Å²) in [5, 5.41) is 37.7. The second-order valence-corrected chi connectivity index (χ2v) is 4.23. The van der Waals surface area contributed by atoms with Crippen LogP contribution in [0.5, 0.6) is 5.75 Å². The molecular weight excluding hydrogens is 268 g/mol. The Kier molecular flexibility index (Phi) is 5.06. The topological polar surface area (TPSA) is 124 Å². The zero-order valence-electron chi connectivity index (χ0n) is 10.8. The molecule has 110 valence electrons. The standard InChI is InChI=1S/C13H16O7/c1-2-20-12(18)13(19,10(15)11(16)17)7-8-3-5-9(14)6-4-8/h3-6,10,14-15,19H,2,7H2,1H3,(H,16,17)/t10-,13-/m0/s1. The number of benzene rings is 1. The van der Waals surface area contributed by atoms with Gasteiger partial charge >= 0.3 is 11.9 Å². The number of carbonyl (C=O) groups is 2. The van der Waals surface area contributed by atoms with Crippen molar-refractivity contribution in [1.82, 2.24) is 0 Å². The fourth-order valence-electron chi connectivity index (χ4n) is 1.67. The number of aliphatic carboxylic acids is 1. The lowest BCUT2D eigenvalue weighted by Crippen LogP contribution is -2.55. The summed E-state index contributed by atoms with van der Waals surface area (Å²) in [5.74, 6) is -2.98. The summed E-state index contributed by atoms with van der Waals surface area (Å²) in [5.41, 5.74) is -2.24. The maximum absolute atomic E-state index is 11.7. The lowest BCUT2D eigenvalue weighted by atomic mass is 9.89. The number of phenols is 1. The first kappa shape index (κ1) is 15.9. The van der Waals surface area contributed by atoms with Crippen molar-refractivity contribution in [1.29, 1.82) is 0 Å². The van der Waals surface area contributed by atoms with Crippen molar-refractivity contribution >= 4 is 11.9 Å². The number of phenolic OH excluding ortho intramolecular Hbond substituents is 1. The number of aromatic hydroxyl groups is 1. The van der Waals surface area contributed by atoms with Crippen LogP contribution in [0, 0.1) is 0 Å². The van der Waals surface area contributed by atoms with E-state index in [0.29, 0.717) is 5.56 Å². The van der Waals surface area contributed by atoms with Gasteiger partial charge in [-0.05, 0) is 24.6 Å². The largest absolute Gasteiger partial charge is 0.508 e. The van der Waals surface area contributed by atoms with E-state index in [-0.39, 0.29) is 12.4 Å². The van der Waals surface area contributed by atoms with Crippen LogP contribution in [0.15, 0.2) is 24.3 Å². The van der Waals surface area contributed by atoms with Crippen LogP contribution in [0.25, 0.3) is 0 Å². The molecule has 0 saturated heterocycles. The molecule has 0 heterocycles. The molecule has 0 aliphatic rings. The minimum atomic E-state index is -2.60. The second kappa shape index (κ2) is 6.36. The van der Waals surface area contributed by atoms with E-state index < -0.39 is 30.1 Å². The van der Waals surface area contributed by atoms with Gasteiger partial charge < -0.3 is 25.2 Å². The molecule has 0 aromatic heterocycles. The van der Waals surface area contributed by atoms with Crippen molar-refractivity contribution in [3.05, 3.63) is 29.8 Å². The number of ether oxygens (including phenoxy) is 1. The fourth-order valence-corrected chi connectivity index (χ4v) is 1.67. The van der Waals surface area contributed by atoms with Crippen LogP contribution in [0.4, 0.5) is 0 Å². The number of carbonyl (C=O) groups excluding carboxylic acids is 1. The van der Waals surface area contributed by atoms with Gasteiger partial charge in [-0.25, -0.2) is 9.59 Å². The van der Waals surface area contributed by atoms with Gasteiger partial charge in [0.2, 0.25) is 5.60 Å². The summed E-state index contributed by atoms with van der Waals surface area (Å²) in [4.78, 5) is 22.6. The lowest BCUT2D eigenvalue weighted by Gasteiger charge is -2.28. The Labute approximate surface area is 115 Å². The molecule has 7 nitrogen and oxygen atoms in total. The van der Waals surface area contributed by atoms with E-state index in [4.69, 9.17) is 10.2 Å². The van der Waals surface area contributed by atoms with Crippen molar-refractivity contribution in [3.8, 4) is 5.75 Å². The minimum absolute atomic E-state index is 0.0211. The first-order chi connectivity index (χ1) is 9.31. The first-order valence-electron chi connectivity index (χ1n) is 5.89. The highest BCUT2D eigenvalue weighted by Gasteiger charge is 2.48. The maximum Gasteiger partial charge on any atom is 0.341 e. The number of carboxylic acids is 1. The van der Waals surface area contributed by atoms with Gasteiger partial charge in [0, 0.05) is 6.42 Å². The highest BCUT2D eigenvalue weighted by atomic mass is 16.6. The highest BCUT2D eigenvalue weighted by molar-refractivity contribution is 5.88. The third-order valence-corrected chi connectivity index (χ3v) is 2.73. The van der Waals surface area contributed by atoms with Gasteiger partial charge in [-0.1, -0.05) is 12.1 Å². The predicted octanol–water partition coefficient (Wildman–Crippen LogP) is -0.326. The number of aliphatic hydroxyl groups excluding tert-OH is 1. The molecule has 1 rings (SSSR count). The van der Waals surface area contributed by atoms with Gasteiger partial charge in [-0.15, -0.1) is 0 Å². The fraction of sp³-hybridized carbons (Fsp3) is 0.385. The Hall–Kier alpha value is -2.12. The average Bonchev–Trinajstić information content (AvgIpc) is 2.40. The normalized spacial score (nSPS) is 15.2. The van der Waals surface area contributed by atoms with E-state index in [0.717, 1.165) is 0 Å². The van der Waals surface area contributed by atoms with Crippen molar-refractivity contribution in [2.45, 2.75) is 25.0 Å². The third kappa shape index (κ3) is 3.46. The highest BCUT2D eigenvalue weighted by Crippen LogP contribution is 2.22. The summed E-state index contributed by atoms with van der Waals surface area (Å²) >= 11 is 0. The van der Waals surface area contributed by atoms with Crippen LogP contribution in [0.1, 0.15) is 12.5 Å². The lowest BCUT2D eigenvalue weighted by molar-refractivity contribution is -0.187. The molecule has 0 saturated carbocycles. The van der Waals surface area contributed by atoms with Gasteiger partial charge in [0.15, 0.2) is 6.10 Å². The molecule has 0 amide bonds. The molecule has 2 atom stereocenters. The van der Waals surface area contributed by atoms with Gasteiger partial charge in [0.05, 0.1) is 6.61 Å². The summed E-state index contributed by atoms with van der Waals surface area (Å²) in [6, 6.07) is 5.42. The van der Waals surface area contributed by atoms with E-state index in [9.17, 15) is 19.8 Å². The minimum Gasteiger partial charge on any atom is -0.508 e. The van der Waals surface area contributed by atoms with E-state index >= 15 is 0 Å². The molecule has 4 N–H and O–H groups in total. The van der Waals surface area contributed by atoms with Crippen molar-refractivity contribution in [2.75, 3.05) is 6.61 Å². The zero-order valence-corrected chi connectivity index (χ0v) is 10.8. The smallest absolute Gasteiger partial charge is 0.341 e. The molecule has 0 unspecified atom stereocenters. The summed E-state index contributed by atoms with van der Waals surface area (Å²) in [7, 11) is 0. The molecule has 7 heteroatoms. The molecule has 0 spiro atoms. The molecule has 0 aliphatic heterocycles. The van der Waals surface area contributed by atoms with Crippen LogP contribution >= 0.6 is 0 Å². The van der Waals surface area contributed by atoms with Crippen molar-refractivity contribution in [2.24, 2.45) is 0 Å².